The summed E-state index contributed by atoms with van der Waals surface area (Å²) in [6.45, 7) is 3.68. The number of nitrogens with zero attached hydrogens (tertiary/aromatic N) is 1. The number of amides is 1. The normalized spacial score (nSPS) is 17.8. The van der Waals surface area contributed by atoms with Gasteiger partial charge in [-0.05, 0) is 36.1 Å². The molecule has 0 bridgehead atoms. The highest BCUT2D eigenvalue weighted by molar-refractivity contribution is 7.99. The van der Waals surface area contributed by atoms with Gasteiger partial charge in [-0.15, -0.1) is 0 Å². The molecule has 25 heavy (non-hydrogen) atoms. The first-order valence-corrected chi connectivity index (χ1v) is 9.80. The van der Waals surface area contributed by atoms with Crippen LogP contribution in [-0.4, -0.2) is 36.8 Å². The van der Waals surface area contributed by atoms with Gasteiger partial charge in [0, 0.05) is 24.1 Å². The van der Waals surface area contributed by atoms with E-state index in [0.29, 0.717) is 11.7 Å². The predicted molar refractivity (Wildman–Crippen MR) is 104 cm³/mol. The molecular formula is C21H25NO2S. The van der Waals surface area contributed by atoms with Crippen LogP contribution in [0.3, 0.4) is 0 Å². The Labute approximate surface area is 154 Å². The Morgan fingerprint density at radius 2 is 2.00 bits per heavy atom. The number of hydrogen-bond acceptors (Lipinski definition) is 3. The lowest BCUT2D eigenvalue weighted by Gasteiger charge is -2.20. The molecule has 2 aromatic carbocycles. The lowest BCUT2D eigenvalue weighted by Crippen LogP contribution is -2.34. The molecule has 3 nitrogen and oxygen atoms in total. The minimum atomic E-state index is 0.221. The number of carbonyl (C=O) groups is 1. The molecule has 0 N–H and O–H groups in total. The number of carbonyl (C=O) groups excluding carboxylic acids is 1. The van der Waals surface area contributed by atoms with Gasteiger partial charge in [-0.25, -0.2) is 0 Å². The maximum atomic E-state index is 12.7. The SMILES string of the molecule is COc1ccc(CC(=O)N2CCSC(c3ccccc3)CC2)cc1C. The minimum absolute atomic E-state index is 0.221. The number of aryl methyl sites for hydroxylation is 1. The number of ether oxygens (including phenoxy) is 1. The fraction of sp³-hybridized carbons (Fsp3) is 0.381. The highest BCUT2D eigenvalue weighted by Crippen LogP contribution is 2.34. The maximum absolute atomic E-state index is 12.7. The third-order valence-electron chi connectivity index (χ3n) is 4.68. The molecule has 1 saturated heterocycles. The van der Waals surface area contributed by atoms with Crippen molar-refractivity contribution in [3.05, 3.63) is 65.2 Å². The highest BCUT2D eigenvalue weighted by Gasteiger charge is 2.22. The summed E-state index contributed by atoms with van der Waals surface area (Å²) in [5.41, 5.74) is 3.50. The van der Waals surface area contributed by atoms with Crippen LogP contribution in [0.1, 0.15) is 28.4 Å². The van der Waals surface area contributed by atoms with E-state index >= 15 is 0 Å². The van der Waals surface area contributed by atoms with E-state index in [2.05, 4.69) is 36.4 Å². The van der Waals surface area contributed by atoms with E-state index in [1.54, 1.807) is 7.11 Å². The van der Waals surface area contributed by atoms with Gasteiger partial charge in [-0.2, -0.15) is 11.8 Å². The topological polar surface area (TPSA) is 29.5 Å². The molecule has 4 heteroatoms. The molecule has 1 unspecified atom stereocenters. The predicted octanol–water partition coefficient (Wildman–Crippen LogP) is 4.25. The van der Waals surface area contributed by atoms with Crippen LogP contribution in [0.15, 0.2) is 48.5 Å². The summed E-state index contributed by atoms with van der Waals surface area (Å²) < 4.78 is 5.29. The van der Waals surface area contributed by atoms with E-state index in [4.69, 9.17) is 4.74 Å². The van der Waals surface area contributed by atoms with Crippen LogP contribution in [0.2, 0.25) is 0 Å². The summed E-state index contributed by atoms with van der Waals surface area (Å²) in [4.78, 5) is 14.7. The molecule has 1 aliphatic rings. The summed E-state index contributed by atoms with van der Waals surface area (Å²) in [6.07, 6.45) is 1.48. The quantitative estimate of drug-likeness (QED) is 0.821. The van der Waals surface area contributed by atoms with Gasteiger partial charge >= 0.3 is 0 Å². The van der Waals surface area contributed by atoms with Gasteiger partial charge in [-0.3, -0.25) is 4.79 Å². The van der Waals surface area contributed by atoms with Crippen molar-refractivity contribution < 1.29 is 9.53 Å². The largest absolute Gasteiger partial charge is 0.496 e. The molecular weight excluding hydrogens is 330 g/mol. The Hall–Kier alpha value is -1.94. The molecule has 2 aromatic rings. The van der Waals surface area contributed by atoms with Crippen LogP contribution < -0.4 is 4.74 Å². The second kappa shape index (κ2) is 8.43. The molecule has 1 aliphatic heterocycles. The lowest BCUT2D eigenvalue weighted by atomic mass is 10.1. The first-order chi connectivity index (χ1) is 12.2. The lowest BCUT2D eigenvalue weighted by molar-refractivity contribution is -0.130. The van der Waals surface area contributed by atoms with Crippen LogP contribution >= 0.6 is 11.8 Å². The second-order valence-electron chi connectivity index (χ2n) is 6.42. The van der Waals surface area contributed by atoms with Gasteiger partial charge in [0.2, 0.25) is 5.91 Å². The molecule has 0 radical (unpaired) electrons. The van der Waals surface area contributed by atoms with Gasteiger partial charge in [0.15, 0.2) is 0 Å². The molecule has 3 rings (SSSR count). The Morgan fingerprint density at radius 1 is 1.20 bits per heavy atom. The Bertz CT molecular complexity index is 717. The molecule has 0 aliphatic carbocycles. The molecule has 1 atom stereocenters. The molecule has 0 saturated carbocycles. The summed E-state index contributed by atoms with van der Waals surface area (Å²) in [7, 11) is 1.67. The van der Waals surface area contributed by atoms with Gasteiger partial charge in [-0.1, -0.05) is 42.5 Å². The van der Waals surface area contributed by atoms with Crippen molar-refractivity contribution in [3.8, 4) is 5.75 Å². The number of benzene rings is 2. The average molecular weight is 356 g/mol. The third-order valence-corrected chi connectivity index (χ3v) is 6.01. The smallest absolute Gasteiger partial charge is 0.227 e. The minimum Gasteiger partial charge on any atom is -0.496 e. The average Bonchev–Trinajstić information content (AvgIpc) is 2.89. The highest BCUT2D eigenvalue weighted by atomic mass is 32.2. The van der Waals surface area contributed by atoms with E-state index in [-0.39, 0.29) is 5.91 Å². The third kappa shape index (κ3) is 4.57. The van der Waals surface area contributed by atoms with Crippen LogP contribution in [-0.2, 0) is 11.2 Å². The number of hydrogen-bond donors (Lipinski definition) is 0. The molecule has 1 amide bonds. The van der Waals surface area contributed by atoms with Crippen molar-refractivity contribution in [2.75, 3.05) is 26.0 Å². The summed E-state index contributed by atoms with van der Waals surface area (Å²) in [5.74, 6) is 2.08. The van der Waals surface area contributed by atoms with Crippen molar-refractivity contribution in [1.29, 1.82) is 0 Å². The van der Waals surface area contributed by atoms with E-state index in [0.717, 1.165) is 42.1 Å². The maximum Gasteiger partial charge on any atom is 0.227 e. The first-order valence-electron chi connectivity index (χ1n) is 8.75. The summed E-state index contributed by atoms with van der Waals surface area (Å²) >= 11 is 1.96. The first kappa shape index (κ1) is 17.9. The van der Waals surface area contributed by atoms with Crippen molar-refractivity contribution in [2.24, 2.45) is 0 Å². The zero-order valence-electron chi connectivity index (χ0n) is 14.9. The van der Waals surface area contributed by atoms with E-state index in [1.807, 2.05) is 35.7 Å². The fourth-order valence-electron chi connectivity index (χ4n) is 3.29. The molecule has 0 aromatic heterocycles. The molecule has 1 fully saturated rings. The Kier molecular flexibility index (Phi) is 6.03. The summed E-state index contributed by atoms with van der Waals surface area (Å²) in [5, 5.41) is 0.488. The number of thioether (sulfide) groups is 1. The van der Waals surface area contributed by atoms with Crippen molar-refractivity contribution in [2.45, 2.75) is 25.0 Å². The zero-order valence-corrected chi connectivity index (χ0v) is 15.7. The molecule has 0 spiro atoms. The monoisotopic (exact) mass is 355 g/mol. The fourth-order valence-corrected chi connectivity index (χ4v) is 4.52. The zero-order chi connectivity index (χ0) is 17.6. The molecule has 132 valence electrons. The van der Waals surface area contributed by atoms with Gasteiger partial charge in [0.05, 0.1) is 13.5 Å². The van der Waals surface area contributed by atoms with Crippen LogP contribution in [0, 0.1) is 6.92 Å². The van der Waals surface area contributed by atoms with Crippen molar-refractivity contribution in [3.63, 3.8) is 0 Å². The summed E-state index contributed by atoms with van der Waals surface area (Å²) in [6, 6.07) is 16.6. The van der Waals surface area contributed by atoms with Crippen LogP contribution in [0.5, 0.6) is 5.75 Å². The number of rotatable bonds is 4. The number of methoxy groups -OCH3 is 1. The second-order valence-corrected chi connectivity index (χ2v) is 7.73. The van der Waals surface area contributed by atoms with E-state index in [9.17, 15) is 4.79 Å². The van der Waals surface area contributed by atoms with Crippen LogP contribution in [0.25, 0.3) is 0 Å². The van der Waals surface area contributed by atoms with Gasteiger partial charge in [0.1, 0.15) is 5.75 Å². The molecule has 1 heterocycles. The van der Waals surface area contributed by atoms with E-state index in [1.165, 1.54) is 5.56 Å². The Balaban J connectivity index is 1.60. The standard InChI is InChI=1S/C21H25NO2S/c1-16-14-17(8-9-19(16)24-2)15-21(23)22-11-10-20(25-13-12-22)18-6-4-3-5-7-18/h3-9,14,20H,10-13,15H2,1-2H3. The van der Waals surface area contributed by atoms with Crippen molar-refractivity contribution >= 4 is 17.7 Å². The van der Waals surface area contributed by atoms with E-state index < -0.39 is 0 Å². The van der Waals surface area contributed by atoms with Crippen molar-refractivity contribution in [1.82, 2.24) is 4.90 Å². The van der Waals surface area contributed by atoms with Crippen LogP contribution in [0.4, 0.5) is 0 Å². The van der Waals surface area contributed by atoms with Gasteiger partial charge in [0.25, 0.3) is 0 Å². The Morgan fingerprint density at radius 3 is 2.72 bits per heavy atom. The van der Waals surface area contributed by atoms with Gasteiger partial charge < -0.3 is 9.64 Å².